The van der Waals surface area contributed by atoms with Crippen molar-refractivity contribution in [1.82, 2.24) is 14.0 Å². The van der Waals surface area contributed by atoms with Crippen LogP contribution in [0.3, 0.4) is 0 Å². The van der Waals surface area contributed by atoms with Gasteiger partial charge in [-0.15, -0.1) is 0 Å². The zero-order valence-corrected chi connectivity index (χ0v) is 18.2. The summed E-state index contributed by atoms with van der Waals surface area (Å²) in [5.74, 6) is 0. The van der Waals surface area contributed by atoms with E-state index in [1.165, 1.54) is 4.40 Å². The number of fused-ring (bicyclic) bond motifs is 5. The highest BCUT2D eigenvalue weighted by atomic mass is 35.5. The summed E-state index contributed by atoms with van der Waals surface area (Å²) >= 11 is 6.33. The lowest BCUT2D eigenvalue weighted by Gasteiger charge is -2.16. The minimum atomic E-state index is -0.252. The zero-order valence-electron chi connectivity index (χ0n) is 17.5. The second-order valence-electron chi connectivity index (χ2n) is 8.01. The first-order valence-electron chi connectivity index (χ1n) is 10.6. The summed E-state index contributed by atoms with van der Waals surface area (Å²) in [6.45, 7) is 0.365. The van der Waals surface area contributed by atoms with Crippen LogP contribution in [0.15, 0.2) is 101 Å². The first-order valence-corrected chi connectivity index (χ1v) is 11.0. The predicted octanol–water partition coefficient (Wildman–Crippen LogP) is 5.46. The molecule has 33 heavy (non-hydrogen) atoms. The molecule has 0 spiro atoms. The van der Waals surface area contributed by atoms with Gasteiger partial charge in [-0.05, 0) is 35.4 Å². The Morgan fingerprint density at radius 2 is 1.52 bits per heavy atom. The molecule has 5 nitrogen and oxygen atoms in total. The predicted molar refractivity (Wildman–Crippen MR) is 133 cm³/mol. The molecular weight excluding hydrogens is 434 g/mol. The van der Waals surface area contributed by atoms with E-state index >= 15 is 0 Å². The molecule has 160 valence electrons. The summed E-state index contributed by atoms with van der Waals surface area (Å²) in [4.78, 5) is 31.0. The van der Waals surface area contributed by atoms with Gasteiger partial charge < -0.3 is 9.55 Å². The van der Waals surface area contributed by atoms with E-state index in [-0.39, 0.29) is 11.1 Å². The highest BCUT2D eigenvalue weighted by Crippen LogP contribution is 2.29. The minimum Gasteiger partial charge on any atom is -0.359 e. The van der Waals surface area contributed by atoms with Crippen molar-refractivity contribution >= 4 is 39.1 Å². The van der Waals surface area contributed by atoms with Crippen molar-refractivity contribution < 1.29 is 0 Å². The standard InChI is InChI=1S/C27H18ClN3O2/c28-19-11-12-21-22(15-19)30(16-17-7-3-1-4-8-17)27(33)25-24-20(13-14-29-24)23(26(32)31(21)25)18-9-5-2-6-10-18/h1-15,29H,16H2. The maximum atomic E-state index is 13.9. The van der Waals surface area contributed by atoms with Crippen LogP contribution in [0, 0.1) is 0 Å². The number of benzene rings is 3. The van der Waals surface area contributed by atoms with Crippen molar-refractivity contribution in [3.8, 4) is 11.1 Å². The number of hydrogen-bond donors (Lipinski definition) is 1. The Labute approximate surface area is 193 Å². The third-order valence-electron chi connectivity index (χ3n) is 6.06. The molecule has 0 atom stereocenters. The lowest BCUT2D eigenvalue weighted by molar-refractivity contribution is 0.791. The Morgan fingerprint density at radius 3 is 2.27 bits per heavy atom. The second kappa shape index (κ2) is 7.50. The molecule has 6 heteroatoms. The maximum Gasteiger partial charge on any atom is 0.277 e. The SMILES string of the molecule is O=c1c2c3[nH]ccc3c(-c3ccccc3)c(=O)n2c2ccc(Cl)cc2n1Cc1ccccc1. The van der Waals surface area contributed by atoms with E-state index in [2.05, 4.69) is 4.98 Å². The van der Waals surface area contributed by atoms with Crippen LogP contribution in [0.25, 0.3) is 38.6 Å². The molecule has 1 N–H and O–H groups in total. The summed E-state index contributed by atoms with van der Waals surface area (Å²) < 4.78 is 3.21. The van der Waals surface area contributed by atoms with Crippen LogP contribution in [0.4, 0.5) is 0 Å². The monoisotopic (exact) mass is 451 g/mol. The van der Waals surface area contributed by atoms with Gasteiger partial charge >= 0.3 is 0 Å². The maximum absolute atomic E-state index is 13.9. The molecule has 0 aliphatic carbocycles. The van der Waals surface area contributed by atoms with Crippen LogP contribution in [-0.4, -0.2) is 14.0 Å². The Hall–Kier alpha value is -4.09. The molecule has 0 aliphatic heterocycles. The molecule has 3 heterocycles. The van der Waals surface area contributed by atoms with E-state index in [0.717, 1.165) is 16.5 Å². The van der Waals surface area contributed by atoms with Crippen LogP contribution in [0.5, 0.6) is 0 Å². The topological polar surface area (TPSA) is 59.3 Å². The van der Waals surface area contributed by atoms with Gasteiger partial charge in [0.05, 0.1) is 28.7 Å². The van der Waals surface area contributed by atoms with Crippen LogP contribution >= 0.6 is 11.6 Å². The summed E-state index contributed by atoms with van der Waals surface area (Å²) in [5, 5.41) is 1.23. The number of halogens is 1. The number of H-pyrrole nitrogens is 1. The van der Waals surface area contributed by atoms with E-state index in [0.29, 0.717) is 39.2 Å². The number of aromatic nitrogens is 3. The molecule has 6 rings (SSSR count). The Morgan fingerprint density at radius 1 is 0.788 bits per heavy atom. The summed E-state index contributed by atoms with van der Waals surface area (Å²) in [5.41, 5.74) is 4.05. The van der Waals surface area contributed by atoms with Gasteiger partial charge in [-0.1, -0.05) is 72.3 Å². The van der Waals surface area contributed by atoms with Crippen molar-refractivity contribution in [2.75, 3.05) is 0 Å². The van der Waals surface area contributed by atoms with Gasteiger partial charge in [-0.25, -0.2) is 0 Å². The van der Waals surface area contributed by atoms with E-state index < -0.39 is 0 Å². The van der Waals surface area contributed by atoms with Crippen LogP contribution < -0.4 is 11.1 Å². The number of nitrogens with zero attached hydrogens (tertiary/aromatic N) is 2. The van der Waals surface area contributed by atoms with Crippen LogP contribution in [-0.2, 0) is 6.54 Å². The molecule has 6 aromatic rings. The molecular formula is C27H18ClN3O2. The number of nitrogens with one attached hydrogen (secondary N) is 1. The van der Waals surface area contributed by atoms with Gasteiger partial charge in [0.1, 0.15) is 5.52 Å². The molecule has 0 saturated carbocycles. The highest BCUT2D eigenvalue weighted by Gasteiger charge is 2.21. The fraction of sp³-hybridized carbons (Fsp3) is 0.0370. The molecule has 0 radical (unpaired) electrons. The Balaban J connectivity index is 1.82. The van der Waals surface area contributed by atoms with Gasteiger partial charge in [0.15, 0.2) is 0 Å². The Bertz CT molecular complexity index is 1780. The van der Waals surface area contributed by atoms with Gasteiger partial charge in [0, 0.05) is 16.6 Å². The van der Waals surface area contributed by atoms with Crippen LogP contribution in [0.1, 0.15) is 5.56 Å². The summed E-state index contributed by atoms with van der Waals surface area (Å²) in [6, 6.07) is 26.4. The van der Waals surface area contributed by atoms with Gasteiger partial charge in [0.2, 0.25) is 0 Å². The van der Waals surface area contributed by atoms with Crippen molar-refractivity contribution in [3.63, 3.8) is 0 Å². The lowest BCUT2D eigenvalue weighted by Crippen LogP contribution is -2.29. The van der Waals surface area contributed by atoms with Crippen molar-refractivity contribution in [3.05, 3.63) is 122 Å². The third kappa shape index (κ3) is 3.01. The minimum absolute atomic E-state index is 0.236. The van der Waals surface area contributed by atoms with Gasteiger partial charge in [-0.3, -0.25) is 14.0 Å². The van der Waals surface area contributed by atoms with Crippen molar-refractivity contribution in [1.29, 1.82) is 0 Å². The fourth-order valence-electron chi connectivity index (χ4n) is 4.59. The molecule has 3 aromatic carbocycles. The van der Waals surface area contributed by atoms with Crippen LogP contribution in [0.2, 0.25) is 5.02 Å². The van der Waals surface area contributed by atoms with Crippen molar-refractivity contribution in [2.45, 2.75) is 6.54 Å². The average molecular weight is 452 g/mol. The molecule has 0 aliphatic rings. The summed E-state index contributed by atoms with van der Waals surface area (Å²) in [7, 11) is 0. The van der Waals surface area contributed by atoms with E-state index in [4.69, 9.17) is 11.6 Å². The molecule has 0 fully saturated rings. The van der Waals surface area contributed by atoms with Crippen molar-refractivity contribution in [2.24, 2.45) is 0 Å². The van der Waals surface area contributed by atoms with Gasteiger partial charge in [0.25, 0.3) is 11.1 Å². The number of hydrogen-bond acceptors (Lipinski definition) is 2. The first-order chi connectivity index (χ1) is 16.1. The molecule has 0 bridgehead atoms. The lowest BCUT2D eigenvalue weighted by atomic mass is 10.0. The van der Waals surface area contributed by atoms with Gasteiger partial charge in [-0.2, -0.15) is 0 Å². The third-order valence-corrected chi connectivity index (χ3v) is 6.29. The second-order valence-corrected chi connectivity index (χ2v) is 8.44. The van der Waals surface area contributed by atoms with E-state index in [9.17, 15) is 9.59 Å². The summed E-state index contributed by atoms with van der Waals surface area (Å²) in [6.07, 6.45) is 1.77. The largest absolute Gasteiger partial charge is 0.359 e. The Kier molecular flexibility index (Phi) is 4.45. The molecule has 0 unspecified atom stereocenters. The first kappa shape index (κ1) is 19.6. The normalized spacial score (nSPS) is 11.5. The van der Waals surface area contributed by atoms with E-state index in [1.54, 1.807) is 29.0 Å². The number of aromatic amines is 1. The zero-order chi connectivity index (χ0) is 22.5. The smallest absolute Gasteiger partial charge is 0.277 e. The fourth-order valence-corrected chi connectivity index (χ4v) is 4.76. The molecule has 3 aromatic heterocycles. The van der Waals surface area contributed by atoms with E-state index in [1.807, 2.05) is 66.7 Å². The average Bonchev–Trinajstić information content (AvgIpc) is 3.31. The molecule has 0 amide bonds. The quantitative estimate of drug-likeness (QED) is 0.363. The molecule has 0 saturated heterocycles. The number of pyridine rings is 1. The number of rotatable bonds is 3. The highest BCUT2D eigenvalue weighted by molar-refractivity contribution is 6.31.